The molecule has 0 bridgehead atoms. The van der Waals surface area contributed by atoms with Gasteiger partial charge < -0.3 is 0 Å². The normalized spacial score (nSPS) is 15.0. The van der Waals surface area contributed by atoms with Crippen LogP contribution in [0.25, 0.3) is 43.1 Å². The molecule has 0 unspecified atom stereocenters. The maximum Gasteiger partial charge on any atom is 0.267 e. The Morgan fingerprint density at radius 3 is 1.05 bits per heavy atom. The van der Waals surface area contributed by atoms with E-state index in [2.05, 4.69) is 9.97 Å². The second kappa shape index (κ2) is 7.81. The molecule has 0 N–H and O–H groups in total. The lowest BCUT2D eigenvalue weighted by Crippen LogP contribution is -2.40. The van der Waals surface area contributed by atoms with E-state index in [4.69, 9.17) is 0 Å². The van der Waals surface area contributed by atoms with Gasteiger partial charge in [0.15, 0.2) is 10.3 Å². The number of amides is 4. The fourth-order valence-corrected chi connectivity index (χ4v) is 8.02. The van der Waals surface area contributed by atoms with Crippen molar-refractivity contribution in [2.75, 3.05) is 9.80 Å². The van der Waals surface area contributed by atoms with Gasteiger partial charge in [-0.25, -0.2) is 19.8 Å². The number of hydrogen-bond acceptors (Lipinski definition) is 8. The van der Waals surface area contributed by atoms with Crippen molar-refractivity contribution in [2.45, 2.75) is 13.8 Å². The molecule has 8 nitrogen and oxygen atoms in total. The number of carbonyl (C=O) groups excluding carboxylic acids is 4. The van der Waals surface area contributed by atoms with E-state index in [1.165, 1.54) is 22.7 Å². The zero-order valence-electron chi connectivity index (χ0n) is 22.0. The minimum atomic E-state index is -0.407. The average Bonchev–Trinajstić information content (AvgIpc) is 3.61. The standard InChI is InChI=1S/C32H16N4O4S2/c1-13-11-33-31(41-13)35-27(37)19-7-3-15-17-5-9-21-26-22(30(40)36(29(21)39)32-34-12-14(2)42-32)10-6-18(24(17)26)16-4-8-20(28(35)38)25(19)23(15)16/h3-12H,1-2H3. The first-order valence-corrected chi connectivity index (χ1v) is 14.8. The molecule has 4 amide bonds. The molecular weight excluding hydrogens is 569 g/mol. The second-order valence-electron chi connectivity index (χ2n) is 10.5. The predicted molar refractivity (Wildman–Crippen MR) is 164 cm³/mol. The summed E-state index contributed by atoms with van der Waals surface area (Å²) in [5.41, 5.74) is 1.75. The lowest BCUT2D eigenvalue weighted by Gasteiger charge is -2.28. The Morgan fingerprint density at radius 2 is 0.786 bits per heavy atom. The van der Waals surface area contributed by atoms with Crippen LogP contribution >= 0.6 is 22.7 Å². The summed E-state index contributed by atoms with van der Waals surface area (Å²) in [5, 5.41) is 6.93. The number of benzene rings is 5. The maximum absolute atomic E-state index is 13.7. The van der Waals surface area contributed by atoms with Crippen molar-refractivity contribution in [3.63, 3.8) is 0 Å². The highest BCUT2D eigenvalue weighted by Crippen LogP contribution is 2.47. The molecule has 0 spiro atoms. The smallest absolute Gasteiger partial charge is 0.267 e. The first-order valence-electron chi connectivity index (χ1n) is 13.2. The lowest BCUT2D eigenvalue weighted by atomic mass is 9.82. The van der Waals surface area contributed by atoms with Gasteiger partial charge in [0.25, 0.3) is 23.6 Å². The Morgan fingerprint density at radius 1 is 0.476 bits per heavy atom. The highest BCUT2D eigenvalue weighted by atomic mass is 32.1. The van der Waals surface area contributed by atoms with Crippen molar-refractivity contribution in [2.24, 2.45) is 0 Å². The molecule has 2 aliphatic heterocycles. The van der Waals surface area contributed by atoms with E-state index in [0.717, 1.165) is 51.9 Å². The highest BCUT2D eigenvalue weighted by Gasteiger charge is 2.39. The molecule has 0 saturated heterocycles. The predicted octanol–water partition coefficient (Wildman–Crippen LogP) is 6.87. The third-order valence-corrected chi connectivity index (χ3v) is 10.0. The molecule has 200 valence electrons. The monoisotopic (exact) mass is 584 g/mol. The largest absolute Gasteiger partial charge is 0.268 e. The molecule has 0 aliphatic carbocycles. The van der Waals surface area contributed by atoms with Crippen LogP contribution in [0.3, 0.4) is 0 Å². The topological polar surface area (TPSA) is 101 Å². The summed E-state index contributed by atoms with van der Waals surface area (Å²) >= 11 is 2.59. The van der Waals surface area contributed by atoms with E-state index in [9.17, 15) is 19.2 Å². The first-order chi connectivity index (χ1) is 20.3. The van der Waals surface area contributed by atoms with Crippen molar-refractivity contribution in [3.8, 4) is 0 Å². The first kappa shape index (κ1) is 23.6. The Bertz CT molecular complexity index is 2150. The van der Waals surface area contributed by atoms with Gasteiger partial charge in [-0.2, -0.15) is 0 Å². The summed E-state index contributed by atoms with van der Waals surface area (Å²) in [7, 11) is 0. The molecule has 42 heavy (non-hydrogen) atoms. The van der Waals surface area contributed by atoms with Crippen LogP contribution in [0.5, 0.6) is 0 Å². The summed E-state index contributed by atoms with van der Waals surface area (Å²) in [5.74, 6) is -1.63. The van der Waals surface area contributed by atoms with Gasteiger partial charge in [0.05, 0.1) is 0 Å². The SMILES string of the molecule is Cc1cnc(N2C(=O)c3ccc4c5ccc6c7c(ccc(c8ccc(c3c48)C2=O)c75)C(=O)N(c2ncc(C)s2)C6=O)s1. The van der Waals surface area contributed by atoms with Crippen molar-refractivity contribution < 1.29 is 19.2 Å². The zero-order chi connectivity index (χ0) is 28.6. The quantitative estimate of drug-likeness (QED) is 0.125. The molecule has 0 radical (unpaired) electrons. The molecule has 2 aromatic heterocycles. The van der Waals surface area contributed by atoms with Gasteiger partial charge in [-0.1, -0.05) is 24.3 Å². The number of imide groups is 2. The number of anilines is 2. The minimum Gasteiger partial charge on any atom is -0.268 e. The van der Waals surface area contributed by atoms with E-state index in [-0.39, 0.29) is 0 Å². The van der Waals surface area contributed by atoms with E-state index in [1.807, 2.05) is 38.1 Å². The Labute approximate surface area is 244 Å². The molecule has 7 aromatic rings. The summed E-state index contributed by atoms with van der Waals surface area (Å²) in [6.45, 7) is 3.76. The zero-order valence-corrected chi connectivity index (χ0v) is 23.6. The van der Waals surface area contributed by atoms with Gasteiger partial charge in [-0.05, 0) is 70.4 Å². The summed E-state index contributed by atoms with van der Waals surface area (Å²) in [6.07, 6.45) is 3.30. The van der Waals surface area contributed by atoms with E-state index < -0.39 is 23.6 Å². The number of aryl methyl sites for hydroxylation is 2. The highest BCUT2D eigenvalue weighted by molar-refractivity contribution is 7.16. The fraction of sp³-hybridized carbons (Fsp3) is 0.0625. The third-order valence-electron chi connectivity index (χ3n) is 8.24. The molecule has 0 fully saturated rings. The number of hydrogen-bond donors (Lipinski definition) is 0. The van der Waals surface area contributed by atoms with Crippen LogP contribution in [-0.4, -0.2) is 33.6 Å². The van der Waals surface area contributed by atoms with Gasteiger partial charge in [0, 0.05) is 55.2 Å². The molecule has 10 heteroatoms. The number of fused-ring (bicyclic) bond motifs is 2. The lowest BCUT2D eigenvalue weighted by molar-refractivity contribution is 0.0877. The van der Waals surface area contributed by atoms with Crippen LogP contribution in [0, 0.1) is 13.8 Å². The van der Waals surface area contributed by atoms with Crippen molar-refractivity contribution in [1.29, 1.82) is 0 Å². The van der Waals surface area contributed by atoms with Gasteiger partial charge in [-0.3, -0.25) is 19.2 Å². The number of thiazole rings is 2. The molecule has 9 rings (SSSR count). The molecule has 4 heterocycles. The van der Waals surface area contributed by atoms with E-state index in [1.54, 1.807) is 36.7 Å². The fourth-order valence-electron chi connectivity index (χ4n) is 6.51. The third kappa shape index (κ3) is 2.75. The molecule has 0 saturated carbocycles. The Balaban J connectivity index is 1.34. The van der Waals surface area contributed by atoms with Crippen LogP contribution in [-0.2, 0) is 0 Å². The van der Waals surface area contributed by atoms with Crippen LogP contribution in [0.2, 0.25) is 0 Å². The number of carbonyl (C=O) groups is 4. The van der Waals surface area contributed by atoms with Gasteiger partial charge in [0.1, 0.15) is 0 Å². The van der Waals surface area contributed by atoms with Gasteiger partial charge >= 0.3 is 0 Å². The minimum absolute atomic E-state index is 0.350. The summed E-state index contributed by atoms with van der Waals surface area (Å²) in [4.78, 5) is 67.7. The van der Waals surface area contributed by atoms with E-state index >= 15 is 0 Å². The molecule has 2 aliphatic rings. The molecule has 5 aromatic carbocycles. The summed E-state index contributed by atoms with van der Waals surface area (Å²) < 4.78 is 0. The maximum atomic E-state index is 13.7. The number of nitrogens with zero attached hydrogens (tertiary/aromatic N) is 4. The average molecular weight is 585 g/mol. The molecular formula is C32H16N4O4S2. The van der Waals surface area contributed by atoms with Crippen LogP contribution in [0.4, 0.5) is 10.3 Å². The van der Waals surface area contributed by atoms with Crippen LogP contribution in [0.15, 0.2) is 60.9 Å². The van der Waals surface area contributed by atoms with Crippen LogP contribution < -0.4 is 9.80 Å². The number of rotatable bonds is 2. The van der Waals surface area contributed by atoms with Gasteiger partial charge in [-0.15, -0.1) is 22.7 Å². The summed E-state index contributed by atoms with van der Waals surface area (Å²) in [6, 6.07) is 14.6. The van der Waals surface area contributed by atoms with Crippen molar-refractivity contribution in [1.82, 2.24) is 9.97 Å². The van der Waals surface area contributed by atoms with Crippen LogP contribution in [0.1, 0.15) is 51.2 Å². The van der Waals surface area contributed by atoms with Crippen molar-refractivity contribution >= 4 is 99.7 Å². The Hall–Kier alpha value is -5.06. The van der Waals surface area contributed by atoms with Gasteiger partial charge in [0.2, 0.25) is 0 Å². The van der Waals surface area contributed by atoms with E-state index in [0.29, 0.717) is 43.3 Å². The second-order valence-corrected chi connectivity index (χ2v) is 13.0. The van der Waals surface area contributed by atoms with Crippen molar-refractivity contribution in [3.05, 3.63) is 92.9 Å². The number of aromatic nitrogens is 2. The molecule has 0 atom stereocenters. The Kier molecular flexibility index (Phi) is 4.39.